The maximum Gasteiger partial charge on any atom is 0.282 e. The molecule has 0 bridgehead atoms. The number of nitrogens with zero attached hydrogens (tertiary/aromatic N) is 1. The molecular weight excluding hydrogens is 427 g/mol. The predicted octanol–water partition coefficient (Wildman–Crippen LogP) is 6.31. The quantitative estimate of drug-likeness (QED) is 0.465. The lowest BCUT2D eigenvalue weighted by Gasteiger charge is -2.16. The highest BCUT2D eigenvalue weighted by Gasteiger charge is 2.40. The molecule has 162 valence electrons. The lowest BCUT2D eigenvalue weighted by atomic mass is 10.0. The number of carbonyl (C=O) groups excluding carboxylic acids is 2. The third-order valence-corrected chi connectivity index (χ3v) is 5.88. The largest absolute Gasteiger partial charge is 0.350 e. The molecule has 4 nitrogen and oxygen atoms in total. The van der Waals surface area contributed by atoms with E-state index >= 15 is 0 Å². The number of aryl methyl sites for hydroxylation is 1. The molecule has 1 aliphatic rings. The topological polar surface area (TPSA) is 49.4 Å². The van der Waals surface area contributed by atoms with Crippen molar-refractivity contribution < 1.29 is 14.0 Å². The standard InChI is InChI=1S/C26H22ClFN2O2/c1-15(2)17-7-11-20(12-8-17)29-24-23(18-5-9-19(28)10-6-18)25(31)30(26(24)32)21-13-4-16(3)22(27)14-21/h4-15,29H,1-3H3. The van der Waals surface area contributed by atoms with Gasteiger partial charge in [0.1, 0.15) is 11.5 Å². The highest BCUT2D eigenvalue weighted by atomic mass is 35.5. The Kier molecular flexibility index (Phi) is 5.85. The zero-order valence-corrected chi connectivity index (χ0v) is 18.7. The number of carbonyl (C=O) groups is 2. The first kappa shape index (κ1) is 21.8. The molecule has 3 aromatic rings. The zero-order chi connectivity index (χ0) is 23.0. The number of imide groups is 1. The average Bonchev–Trinajstić information content (AvgIpc) is 3.01. The van der Waals surface area contributed by atoms with E-state index in [0.29, 0.717) is 27.9 Å². The van der Waals surface area contributed by atoms with Crippen LogP contribution in [0.2, 0.25) is 5.02 Å². The maximum absolute atomic E-state index is 13.5. The number of nitrogens with one attached hydrogen (secondary N) is 1. The Morgan fingerprint density at radius 1 is 0.906 bits per heavy atom. The Morgan fingerprint density at radius 2 is 1.56 bits per heavy atom. The van der Waals surface area contributed by atoms with E-state index in [0.717, 1.165) is 16.0 Å². The van der Waals surface area contributed by atoms with E-state index in [1.807, 2.05) is 31.2 Å². The first-order valence-corrected chi connectivity index (χ1v) is 10.7. The van der Waals surface area contributed by atoms with Gasteiger partial charge in [-0.3, -0.25) is 9.59 Å². The van der Waals surface area contributed by atoms with Crippen LogP contribution in [0, 0.1) is 12.7 Å². The molecule has 0 saturated heterocycles. The van der Waals surface area contributed by atoms with Crippen LogP contribution in [0.3, 0.4) is 0 Å². The van der Waals surface area contributed by atoms with E-state index in [1.165, 1.54) is 24.3 Å². The van der Waals surface area contributed by atoms with E-state index in [2.05, 4.69) is 19.2 Å². The molecular formula is C26H22ClFN2O2. The van der Waals surface area contributed by atoms with Gasteiger partial charge >= 0.3 is 0 Å². The molecule has 6 heteroatoms. The minimum absolute atomic E-state index is 0.135. The second-order valence-electron chi connectivity index (χ2n) is 8.04. The summed E-state index contributed by atoms with van der Waals surface area (Å²) in [5.41, 5.74) is 3.82. The second-order valence-corrected chi connectivity index (χ2v) is 8.45. The molecule has 3 aromatic carbocycles. The highest BCUT2D eigenvalue weighted by Crippen LogP contribution is 2.35. The monoisotopic (exact) mass is 448 g/mol. The van der Waals surface area contributed by atoms with E-state index in [-0.39, 0.29) is 11.3 Å². The van der Waals surface area contributed by atoms with E-state index in [9.17, 15) is 14.0 Å². The Bertz CT molecular complexity index is 1230. The fourth-order valence-corrected chi connectivity index (χ4v) is 3.76. The molecule has 0 radical (unpaired) electrons. The van der Waals surface area contributed by atoms with Gasteiger partial charge in [0.25, 0.3) is 11.8 Å². The highest BCUT2D eigenvalue weighted by molar-refractivity contribution is 6.46. The Balaban J connectivity index is 1.78. The number of amides is 2. The van der Waals surface area contributed by atoms with Crippen LogP contribution >= 0.6 is 11.6 Å². The van der Waals surface area contributed by atoms with Crippen LogP contribution in [0.5, 0.6) is 0 Å². The van der Waals surface area contributed by atoms with Gasteiger partial charge in [-0.2, -0.15) is 0 Å². The van der Waals surface area contributed by atoms with Crippen molar-refractivity contribution in [3.05, 3.63) is 100.0 Å². The Labute approximate surface area is 191 Å². The normalized spacial score (nSPS) is 14.0. The van der Waals surface area contributed by atoms with Crippen molar-refractivity contribution in [2.75, 3.05) is 10.2 Å². The van der Waals surface area contributed by atoms with Crippen LogP contribution in [0.1, 0.15) is 36.5 Å². The number of hydrogen-bond donors (Lipinski definition) is 1. The molecule has 0 unspecified atom stereocenters. The summed E-state index contributed by atoms with van der Waals surface area (Å²) in [6.07, 6.45) is 0. The van der Waals surface area contributed by atoms with Crippen molar-refractivity contribution >= 4 is 40.4 Å². The Hall–Kier alpha value is -3.44. The van der Waals surface area contributed by atoms with Crippen LogP contribution in [-0.2, 0) is 9.59 Å². The maximum atomic E-state index is 13.5. The van der Waals surface area contributed by atoms with Crippen molar-refractivity contribution in [3.8, 4) is 0 Å². The van der Waals surface area contributed by atoms with Crippen molar-refractivity contribution in [3.63, 3.8) is 0 Å². The second kappa shape index (κ2) is 8.60. The third-order valence-electron chi connectivity index (χ3n) is 5.48. The molecule has 32 heavy (non-hydrogen) atoms. The minimum Gasteiger partial charge on any atom is -0.350 e. The molecule has 0 spiro atoms. The molecule has 0 saturated carbocycles. The fraction of sp³-hybridized carbons (Fsp3) is 0.154. The molecule has 4 rings (SSSR count). The van der Waals surface area contributed by atoms with Gasteiger partial charge < -0.3 is 5.32 Å². The summed E-state index contributed by atoms with van der Waals surface area (Å²) < 4.78 is 13.5. The van der Waals surface area contributed by atoms with Crippen LogP contribution in [0.15, 0.2) is 72.4 Å². The van der Waals surface area contributed by atoms with Crippen LogP contribution in [-0.4, -0.2) is 11.8 Å². The van der Waals surface area contributed by atoms with Gasteiger partial charge in [0.05, 0.1) is 11.3 Å². The Morgan fingerprint density at radius 3 is 2.16 bits per heavy atom. The molecule has 0 atom stereocenters. The number of rotatable bonds is 5. The molecule has 0 fully saturated rings. The number of hydrogen-bond acceptors (Lipinski definition) is 3. The molecule has 1 N–H and O–H groups in total. The lowest BCUT2D eigenvalue weighted by molar-refractivity contribution is -0.120. The van der Waals surface area contributed by atoms with Gasteiger partial charge in [-0.25, -0.2) is 9.29 Å². The summed E-state index contributed by atoms with van der Waals surface area (Å²) >= 11 is 6.24. The SMILES string of the molecule is Cc1ccc(N2C(=O)C(Nc3ccc(C(C)C)cc3)=C(c3ccc(F)cc3)C2=O)cc1Cl. The summed E-state index contributed by atoms with van der Waals surface area (Å²) in [5, 5.41) is 3.57. The molecule has 0 aromatic heterocycles. The fourth-order valence-electron chi connectivity index (χ4n) is 3.58. The number of benzene rings is 3. The van der Waals surface area contributed by atoms with Gasteiger partial charge in [-0.05, 0) is 65.9 Å². The van der Waals surface area contributed by atoms with Crippen molar-refractivity contribution in [2.45, 2.75) is 26.7 Å². The molecule has 1 heterocycles. The van der Waals surface area contributed by atoms with Gasteiger partial charge in [-0.15, -0.1) is 0 Å². The van der Waals surface area contributed by atoms with Crippen molar-refractivity contribution in [1.82, 2.24) is 0 Å². The molecule has 2 amide bonds. The summed E-state index contributed by atoms with van der Waals surface area (Å²) in [6.45, 7) is 6.04. The van der Waals surface area contributed by atoms with Crippen molar-refractivity contribution in [1.29, 1.82) is 0 Å². The van der Waals surface area contributed by atoms with Gasteiger partial charge in [-0.1, -0.05) is 55.8 Å². The smallest absolute Gasteiger partial charge is 0.282 e. The first-order chi connectivity index (χ1) is 15.3. The van der Waals surface area contributed by atoms with Crippen LogP contribution in [0.4, 0.5) is 15.8 Å². The third kappa shape index (κ3) is 4.04. The van der Waals surface area contributed by atoms with Crippen LogP contribution in [0.25, 0.3) is 5.57 Å². The minimum atomic E-state index is -0.498. The number of anilines is 2. The van der Waals surface area contributed by atoms with Gasteiger partial charge in [0, 0.05) is 10.7 Å². The predicted molar refractivity (Wildman–Crippen MR) is 126 cm³/mol. The molecule has 0 aliphatic carbocycles. The summed E-state index contributed by atoms with van der Waals surface area (Å²) in [6, 6.07) is 18.2. The van der Waals surface area contributed by atoms with E-state index in [4.69, 9.17) is 11.6 Å². The first-order valence-electron chi connectivity index (χ1n) is 10.3. The summed E-state index contributed by atoms with van der Waals surface area (Å²) in [5.74, 6) is -1.05. The lowest BCUT2D eigenvalue weighted by Crippen LogP contribution is -2.32. The number of halogens is 2. The van der Waals surface area contributed by atoms with Gasteiger partial charge in [0.2, 0.25) is 0 Å². The van der Waals surface area contributed by atoms with Crippen LogP contribution < -0.4 is 10.2 Å². The summed E-state index contributed by atoms with van der Waals surface area (Å²) in [7, 11) is 0. The average molecular weight is 449 g/mol. The van der Waals surface area contributed by atoms with E-state index < -0.39 is 17.6 Å². The zero-order valence-electron chi connectivity index (χ0n) is 17.9. The van der Waals surface area contributed by atoms with Crippen molar-refractivity contribution in [2.24, 2.45) is 0 Å². The molecule has 1 aliphatic heterocycles. The summed E-state index contributed by atoms with van der Waals surface area (Å²) in [4.78, 5) is 27.9. The van der Waals surface area contributed by atoms with Gasteiger partial charge in [0.15, 0.2) is 0 Å². The van der Waals surface area contributed by atoms with E-state index in [1.54, 1.807) is 18.2 Å².